The average Bonchev–Trinajstić information content (AvgIpc) is 1.83. The average molecular weight is 162 g/mol. The number of rotatable bonds is 4. The number of hydrogen-bond donors (Lipinski definition) is 3. The third kappa shape index (κ3) is 7.78. The molecule has 3 nitrogen and oxygen atoms in total. The van der Waals surface area contributed by atoms with E-state index in [1.807, 2.05) is 12.4 Å². The maximum atomic E-state index is 9.35. The van der Waals surface area contributed by atoms with Gasteiger partial charge in [-0.25, -0.2) is 0 Å². The number of hydrogen-bond acceptors (Lipinski definition) is 1. The molecule has 3 heteroatoms. The second-order valence-electron chi connectivity index (χ2n) is 4.10. The van der Waals surface area contributed by atoms with E-state index >= 15 is 0 Å². The molecule has 0 aromatic carbocycles. The molecule has 0 heterocycles. The first-order chi connectivity index (χ1) is 4.95. The summed E-state index contributed by atoms with van der Waals surface area (Å²) in [5.74, 6) is 0. The Morgan fingerprint density at radius 2 is 1.82 bits per heavy atom. The molecule has 0 saturated heterocycles. The van der Waals surface area contributed by atoms with E-state index < -0.39 is 0 Å². The van der Waals surface area contributed by atoms with Gasteiger partial charge in [0.05, 0.1) is 12.6 Å². The summed E-state index contributed by atoms with van der Waals surface area (Å²) in [6.45, 7) is 8.04. The molecule has 0 fully saturated rings. The number of likely N-dealkylation sites (N-methyl/N-ethyl adjacent to an activating group) is 1. The topological polar surface area (TPSA) is 53.5 Å². The van der Waals surface area contributed by atoms with Crippen molar-refractivity contribution in [3.05, 3.63) is 0 Å². The Balaban J connectivity index is 3.38. The molecule has 0 amide bonds. The van der Waals surface area contributed by atoms with Crippen LogP contribution in [0.25, 0.3) is 0 Å². The minimum Gasteiger partial charge on any atom is -0.382 e. The Kier molecular flexibility index (Phi) is 4.65. The SMILES string of the molecule is C[NH2+]C[C@@H](O)C[NH2+]C(C)(C)C. The zero-order chi connectivity index (χ0) is 8.91. The van der Waals surface area contributed by atoms with Gasteiger partial charge in [-0.05, 0) is 20.8 Å². The van der Waals surface area contributed by atoms with E-state index in [4.69, 9.17) is 0 Å². The van der Waals surface area contributed by atoms with Gasteiger partial charge in [0.2, 0.25) is 0 Å². The first-order valence-electron chi connectivity index (χ1n) is 4.26. The van der Waals surface area contributed by atoms with Gasteiger partial charge >= 0.3 is 0 Å². The van der Waals surface area contributed by atoms with E-state index in [9.17, 15) is 5.11 Å². The van der Waals surface area contributed by atoms with Crippen molar-refractivity contribution in [2.45, 2.75) is 32.4 Å². The smallest absolute Gasteiger partial charge is 0.151 e. The Hall–Kier alpha value is -0.120. The molecule has 1 atom stereocenters. The van der Waals surface area contributed by atoms with Crippen molar-refractivity contribution >= 4 is 0 Å². The van der Waals surface area contributed by atoms with Gasteiger partial charge in [-0.3, -0.25) is 0 Å². The van der Waals surface area contributed by atoms with Crippen molar-refractivity contribution in [3.63, 3.8) is 0 Å². The minimum atomic E-state index is -0.181. The molecule has 0 aliphatic carbocycles. The van der Waals surface area contributed by atoms with E-state index in [0.29, 0.717) is 0 Å². The summed E-state index contributed by atoms with van der Waals surface area (Å²) < 4.78 is 0. The molecule has 68 valence electrons. The number of nitrogens with two attached hydrogens (primary N) is 2. The maximum absolute atomic E-state index is 9.35. The zero-order valence-electron chi connectivity index (χ0n) is 8.09. The Labute approximate surface area is 69.2 Å². The van der Waals surface area contributed by atoms with E-state index in [-0.39, 0.29) is 11.6 Å². The standard InChI is InChI=1S/C8H20N2O/c1-8(2,3)10-6-7(11)5-9-4/h7,9-11H,5-6H2,1-4H3/p+2/t7-/m1/s1. The fourth-order valence-electron chi connectivity index (χ4n) is 0.858. The van der Waals surface area contributed by atoms with Gasteiger partial charge in [0, 0.05) is 0 Å². The molecule has 0 radical (unpaired) electrons. The summed E-state index contributed by atoms with van der Waals surface area (Å²) in [7, 11) is 1.97. The van der Waals surface area contributed by atoms with Crippen LogP contribution >= 0.6 is 0 Å². The molecule has 0 aromatic heterocycles. The highest BCUT2D eigenvalue weighted by Crippen LogP contribution is 1.88. The van der Waals surface area contributed by atoms with Gasteiger partial charge < -0.3 is 15.7 Å². The molecule has 0 bridgehead atoms. The highest BCUT2D eigenvalue weighted by Gasteiger charge is 2.16. The van der Waals surface area contributed by atoms with Crippen LogP contribution in [0.5, 0.6) is 0 Å². The van der Waals surface area contributed by atoms with Crippen molar-refractivity contribution in [2.75, 3.05) is 20.1 Å². The molecule has 0 saturated carbocycles. The summed E-state index contributed by atoms with van der Waals surface area (Å²) in [6.07, 6.45) is -0.181. The number of aliphatic hydroxyl groups excluding tert-OH is 1. The van der Waals surface area contributed by atoms with Crippen LogP contribution in [0, 0.1) is 0 Å². The van der Waals surface area contributed by atoms with Crippen LogP contribution in [-0.4, -0.2) is 36.9 Å². The van der Waals surface area contributed by atoms with Crippen molar-refractivity contribution < 1.29 is 15.7 Å². The second-order valence-corrected chi connectivity index (χ2v) is 4.10. The largest absolute Gasteiger partial charge is 0.382 e. The van der Waals surface area contributed by atoms with E-state index in [1.165, 1.54) is 0 Å². The van der Waals surface area contributed by atoms with E-state index in [1.54, 1.807) is 0 Å². The van der Waals surface area contributed by atoms with Crippen molar-refractivity contribution in [2.24, 2.45) is 0 Å². The predicted octanol–water partition coefficient (Wildman–Crippen LogP) is -2.10. The molecule has 0 aliphatic heterocycles. The molecule has 0 aromatic rings. The second kappa shape index (κ2) is 4.70. The highest BCUT2D eigenvalue weighted by molar-refractivity contribution is 4.54. The molecule has 0 rings (SSSR count). The lowest BCUT2D eigenvalue weighted by Gasteiger charge is -2.18. The van der Waals surface area contributed by atoms with Crippen LogP contribution in [-0.2, 0) is 0 Å². The Morgan fingerprint density at radius 1 is 1.27 bits per heavy atom. The quantitative estimate of drug-likeness (QED) is 0.436. The van der Waals surface area contributed by atoms with E-state index in [2.05, 4.69) is 26.1 Å². The van der Waals surface area contributed by atoms with Crippen LogP contribution in [0.15, 0.2) is 0 Å². The van der Waals surface area contributed by atoms with Crippen molar-refractivity contribution in [3.8, 4) is 0 Å². The predicted molar refractivity (Wildman–Crippen MR) is 45.3 cm³/mol. The van der Waals surface area contributed by atoms with Crippen molar-refractivity contribution in [1.29, 1.82) is 0 Å². The Bertz CT molecular complexity index is 98.8. The molecular weight excluding hydrogens is 140 g/mol. The summed E-state index contributed by atoms with van der Waals surface area (Å²) in [5.41, 5.74) is 0.231. The fraction of sp³-hybridized carbons (Fsp3) is 1.00. The molecule has 11 heavy (non-hydrogen) atoms. The third-order valence-corrected chi connectivity index (χ3v) is 1.51. The van der Waals surface area contributed by atoms with Gasteiger partial charge in [-0.1, -0.05) is 0 Å². The normalized spacial score (nSPS) is 15.0. The molecule has 5 N–H and O–H groups in total. The van der Waals surface area contributed by atoms with Gasteiger partial charge in [-0.2, -0.15) is 0 Å². The third-order valence-electron chi connectivity index (χ3n) is 1.51. The van der Waals surface area contributed by atoms with Crippen molar-refractivity contribution in [1.82, 2.24) is 0 Å². The molecular formula is C8H22N2O+2. The zero-order valence-corrected chi connectivity index (χ0v) is 8.09. The van der Waals surface area contributed by atoms with Crippen LogP contribution in [0.2, 0.25) is 0 Å². The van der Waals surface area contributed by atoms with Crippen LogP contribution in [0.4, 0.5) is 0 Å². The van der Waals surface area contributed by atoms with Gasteiger partial charge in [-0.15, -0.1) is 0 Å². The fourth-order valence-corrected chi connectivity index (χ4v) is 0.858. The minimum absolute atomic E-state index is 0.181. The number of quaternary nitrogens is 2. The summed E-state index contributed by atoms with van der Waals surface area (Å²) in [4.78, 5) is 0. The summed E-state index contributed by atoms with van der Waals surface area (Å²) >= 11 is 0. The first-order valence-corrected chi connectivity index (χ1v) is 4.26. The van der Waals surface area contributed by atoms with Crippen LogP contribution in [0.1, 0.15) is 20.8 Å². The first kappa shape index (κ1) is 10.9. The van der Waals surface area contributed by atoms with Gasteiger partial charge in [0.25, 0.3) is 0 Å². The highest BCUT2D eigenvalue weighted by atomic mass is 16.3. The Morgan fingerprint density at radius 3 is 2.18 bits per heavy atom. The molecule has 0 spiro atoms. The van der Waals surface area contributed by atoms with Gasteiger partial charge in [0.15, 0.2) is 6.10 Å². The maximum Gasteiger partial charge on any atom is 0.151 e. The lowest BCUT2D eigenvalue weighted by molar-refractivity contribution is -0.729. The van der Waals surface area contributed by atoms with Gasteiger partial charge in [0.1, 0.15) is 13.1 Å². The summed E-state index contributed by atoms with van der Waals surface area (Å²) in [5, 5.41) is 13.5. The van der Waals surface area contributed by atoms with E-state index in [0.717, 1.165) is 13.1 Å². The molecule has 0 unspecified atom stereocenters. The lowest BCUT2D eigenvalue weighted by atomic mass is 10.1. The number of aliphatic hydroxyl groups is 1. The van der Waals surface area contributed by atoms with Crippen LogP contribution < -0.4 is 10.6 Å². The molecule has 0 aliphatic rings. The van der Waals surface area contributed by atoms with Crippen LogP contribution in [0.3, 0.4) is 0 Å². The monoisotopic (exact) mass is 162 g/mol. The summed E-state index contributed by atoms with van der Waals surface area (Å²) in [6, 6.07) is 0. The lowest BCUT2D eigenvalue weighted by Crippen LogP contribution is -2.97.